The predicted octanol–water partition coefficient (Wildman–Crippen LogP) is 1.80. The van der Waals surface area contributed by atoms with E-state index in [1.807, 2.05) is 0 Å². The first-order valence-corrected chi connectivity index (χ1v) is 3.57. The molecule has 0 aromatic heterocycles. The van der Waals surface area contributed by atoms with Gasteiger partial charge in [0.2, 0.25) is 0 Å². The van der Waals surface area contributed by atoms with Gasteiger partial charge in [-0.25, -0.2) is 4.99 Å². The lowest BCUT2D eigenvalue weighted by Crippen LogP contribution is -2.15. The third kappa shape index (κ3) is 2.06. The first kappa shape index (κ1) is 8.30. The quantitative estimate of drug-likeness (QED) is 0.480. The largest absolute Gasteiger partial charge is 0.356 e. The van der Waals surface area contributed by atoms with Crippen molar-refractivity contribution in [3.8, 4) is 0 Å². The second-order valence-electron chi connectivity index (χ2n) is 1.76. The lowest BCUT2D eigenvalue weighted by molar-refractivity contribution is 1.10. The highest BCUT2D eigenvalue weighted by atomic mass is 35.5. The Hall–Kier alpha value is -0.800. The van der Waals surface area contributed by atoms with Crippen molar-refractivity contribution in [3.63, 3.8) is 0 Å². The molecule has 0 aromatic rings. The van der Waals surface area contributed by atoms with E-state index in [0.29, 0.717) is 10.9 Å². The Morgan fingerprint density at radius 2 is 2.27 bits per heavy atom. The molecule has 1 aliphatic heterocycles. The van der Waals surface area contributed by atoms with Crippen LogP contribution in [0.5, 0.6) is 0 Å². The highest BCUT2D eigenvalue weighted by molar-refractivity contribution is 6.70. The molecule has 58 valence electrons. The maximum atomic E-state index is 6.77. The lowest BCUT2D eigenvalue weighted by Gasteiger charge is -2.08. The zero-order valence-corrected chi connectivity index (χ0v) is 6.95. The average Bonchev–Trinajstić information content (AvgIpc) is 1.95. The molecule has 1 heterocycles. The fourth-order valence-electron chi connectivity index (χ4n) is 0.583. The molecule has 0 aromatic carbocycles. The molecule has 1 rings (SSSR count). The van der Waals surface area contributed by atoms with Crippen molar-refractivity contribution in [1.29, 1.82) is 5.41 Å². The first-order chi connectivity index (χ1) is 5.24. The number of aliphatic imine (C=N–C) groups is 1. The number of hydrogen-bond acceptors (Lipinski definition) is 3. The van der Waals surface area contributed by atoms with E-state index < -0.39 is 0 Å². The van der Waals surface area contributed by atoms with Crippen LogP contribution in [-0.4, -0.2) is 11.4 Å². The number of nitrogens with one attached hydrogen (secondary N) is 2. The van der Waals surface area contributed by atoms with Crippen molar-refractivity contribution in [2.24, 2.45) is 4.99 Å². The van der Waals surface area contributed by atoms with E-state index in [0.717, 1.165) is 6.21 Å². The Kier molecular flexibility index (Phi) is 2.68. The molecule has 0 atom stereocenters. The van der Waals surface area contributed by atoms with Crippen molar-refractivity contribution >= 4 is 34.6 Å². The van der Waals surface area contributed by atoms with Crippen LogP contribution in [0.25, 0.3) is 0 Å². The van der Waals surface area contributed by atoms with E-state index in [1.54, 1.807) is 0 Å². The second-order valence-corrected chi connectivity index (χ2v) is 2.51. The minimum absolute atomic E-state index is 0.265. The fraction of sp³-hybridized carbons (Fsp3) is 0. The lowest BCUT2D eigenvalue weighted by atomic mass is 10.4. The van der Waals surface area contributed by atoms with Crippen LogP contribution in [0, 0.1) is 5.41 Å². The van der Waals surface area contributed by atoms with Gasteiger partial charge < -0.3 is 10.7 Å². The van der Waals surface area contributed by atoms with Crippen LogP contribution in [0.4, 0.5) is 0 Å². The summed E-state index contributed by atoms with van der Waals surface area (Å²) in [7, 11) is 0. The topological polar surface area (TPSA) is 48.2 Å². The zero-order chi connectivity index (χ0) is 8.27. The molecule has 2 N–H and O–H groups in total. The smallest absolute Gasteiger partial charge is 0.154 e. The van der Waals surface area contributed by atoms with Gasteiger partial charge in [0.05, 0.1) is 5.70 Å². The summed E-state index contributed by atoms with van der Waals surface area (Å²) < 4.78 is 0. The second kappa shape index (κ2) is 3.55. The molecule has 11 heavy (non-hydrogen) atoms. The van der Waals surface area contributed by atoms with Crippen LogP contribution >= 0.6 is 23.2 Å². The highest BCUT2D eigenvalue weighted by Crippen LogP contribution is 2.12. The van der Waals surface area contributed by atoms with Crippen molar-refractivity contribution < 1.29 is 0 Å². The maximum absolute atomic E-state index is 6.77. The van der Waals surface area contributed by atoms with Crippen LogP contribution in [0.1, 0.15) is 0 Å². The van der Waals surface area contributed by atoms with Gasteiger partial charge in [0, 0.05) is 12.4 Å². The molecule has 3 nitrogen and oxygen atoms in total. The molecule has 0 unspecified atom stereocenters. The zero-order valence-electron chi connectivity index (χ0n) is 5.44. The summed E-state index contributed by atoms with van der Waals surface area (Å²) in [5, 5.41) is 10.1. The molecule has 0 radical (unpaired) electrons. The Labute approximate surface area is 73.9 Å². The van der Waals surface area contributed by atoms with Crippen LogP contribution in [0.15, 0.2) is 28.1 Å². The molecule has 0 fully saturated rings. The first-order valence-electron chi connectivity index (χ1n) is 2.81. The standard InChI is InChI=1S/C6H5Cl2N3/c7-5-3-10-4(1-2-9)6(8)11-5/h1-3,9-10H/b4-1-,9-2?. The third-order valence-corrected chi connectivity index (χ3v) is 1.51. The number of rotatable bonds is 1. The molecule has 0 saturated carbocycles. The van der Waals surface area contributed by atoms with Crippen LogP contribution < -0.4 is 5.32 Å². The molecule has 5 heteroatoms. The summed E-state index contributed by atoms with van der Waals surface area (Å²) in [5.74, 6) is 0. The Morgan fingerprint density at radius 1 is 1.55 bits per heavy atom. The molecule has 1 aliphatic rings. The molecular weight excluding hydrogens is 185 g/mol. The minimum Gasteiger partial charge on any atom is -0.356 e. The Bertz CT molecular complexity index is 265. The molecule has 0 amide bonds. The summed E-state index contributed by atoms with van der Waals surface area (Å²) in [6.45, 7) is 0. The van der Waals surface area contributed by atoms with E-state index in [4.69, 9.17) is 28.6 Å². The number of halogens is 2. The van der Waals surface area contributed by atoms with Gasteiger partial charge in [-0.1, -0.05) is 23.2 Å². The third-order valence-electron chi connectivity index (χ3n) is 1.02. The molecule has 0 aliphatic carbocycles. The number of nitrogens with zero attached hydrogens (tertiary/aromatic N) is 1. The minimum atomic E-state index is 0.265. The molecule has 0 bridgehead atoms. The summed E-state index contributed by atoms with van der Waals surface area (Å²) in [4.78, 5) is 3.76. The predicted molar refractivity (Wildman–Crippen MR) is 47.2 cm³/mol. The fourth-order valence-corrected chi connectivity index (χ4v) is 0.974. The van der Waals surface area contributed by atoms with E-state index in [2.05, 4.69) is 10.3 Å². The van der Waals surface area contributed by atoms with Crippen molar-refractivity contribution in [3.05, 3.63) is 23.1 Å². The summed E-state index contributed by atoms with van der Waals surface area (Å²) in [5.41, 5.74) is 0.575. The molecule has 0 saturated heterocycles. The SMILES string of the molecule is N=C/C=C1\NC=C(Cl)N=C1Cl. The molecule has 0 spiro atoms. The van der Waals surface area contributed by atoms with E-state index >= 15 is 0 Å². The van der Waals surface area contributed by atoms with E-state index in [1.165, 1.54) is 12.3 Å². The Balaban J connectivity index is 2.88. The summed E-state index contributed by atoms with van der Waals surface area (Å²) in [6, 6.07) is 0. The van der Waals surface area contributed by atoms with Crippen LogP contribution in [0.3, 0.4) is 0 Å². The maximum Gasteiger partial charge on any atom is 0.154 e. The van der Waals surface area contributed by atoms with Gasteiger partial charge in [0.15, 0.2) is 5.17 Å². The van der Waals surface area contributed by atoms with Gasteiger partial charge in [-0.2, -0.15) is 0 Å². The van der Waals surface area contributed by atoms with E-state index in [9.17, 15) is 0 Å². The van der Waals surface area contributed by atoms with Gasteiger partial charge in [-0.15, -0.1) is 0 Å². The van der Waals surface area contributed by atoms with E-state index in [-0.39, 0.29) is 5.17 Å². The van der Waals surface area contributed by atoms with Crippen molar-refractivity contribution in [2.45, 2.75) is 0 Å². The summed E-state index contributed by atoms with van der Waals surface area (Å²) >= 11 is 11.2. The van der Waals surface area contributed by atoms with Gasteiger partial charge in [0.25, 0.3) is 0 Å². The van der Waals surface area contributed by atoms with Crippen LogP contribution in [-0.2, 0) is 0 Å². The molecular formula is C6H5Cl2N3. The Morgan fingerprint density at radius 3 is 2.82 bits per heavy atom. The number of hydrogen-bond donors (Lipinski definition) is 2. The van der Waals surface area contributed by atoms with Gasteiger partial charge in [-0.3, -0.25) is 0 Å². The average molecular weight is 190 g/mol. The van der Waals surface area contributed by atoms with Crippen molar-refractivity contribution in [2.75, 3.05) is 0 Å². The van der Waals surface area contributed by atoms with Crippen LogP contribution in [0.2, 0.25) is 0 Å². The monoisotopic (exact) mass is 189 g/mol. The normalized spacial score (nSPS) is 20.4. The summed E-state index contributed by atoms with van der Waals surface area (Å²) in [6.07, 6.45) is 4.11. The van der Waals surface area contributed by atoms with Gasteiger partial charge in [-0.05, 0) is 6.08 Å². The van der Waals surface area contributed by atoms with Crippen molar-refractivity contribution in [1.82, 2.24) is 5.32 Å². The van der Waals surface area contributed by atoms with Gasteiger partial charge >= 0.3 is 0 Å². The van der Waals surface area contributed by atoms with Gasteiger partial charge in [0.1, 0.15) is 5.16 Å². The number of allylic oxidation sites excluding steroid dienone is 2. The highest BCUT2D eigenvalue weighted by Gasteiger charge is 2.07.